The number of nitrogens with zero attached hydrogens (tertiary/aromatic N) is 2. The second-order valence-corrected chi connectivity index (χ2v) is 6.52. The summed E-state index contributed by atoms with van der Waals surface area (Å²) in [6.07, 6.45) is 2.14. The number of carbonyl (C=O) groups excluding carboxylic acids is 1. The molecule has 2 aliphatic heterocycles. The fraction of sp³-hybridized carbons (Fsp3) is 0.158. The van der Waals surface area contributed by atoms with Crippen molar-refractivity contribution in [2.24, 2.45) is 0 Å². The van der Waals surface area contributed by atoms with E-state index in [4.69, 9.17) is 21.7 Å². The average molecular weight is 397 g/mol. The van der Waals surface area contributed by atoms with E-state index in [0.717, 1.165) is 12.0 Å². The summed E-state index contributed by atoms with van der Waals surface area (Å²) < 4.78 is 10.5. The number of hydrogen-bond acceptors (Lipinski definition) is 6. The van der Waals surface area contributed by atoms with Crippen LogP contribution in [0.5, 0.6) is 11.5 Å². The van der Waals surface area contributed by atoms with Gasteiger partial charge in [-0.2, -0.15) is 0 Å². The van der Waals surface area contributed by atoms with Gasteiger partial charge >= 0.3 is 0 Å². The van der Waals surface area contributed by atoms with Crippen LogP contribution >= 0.6 is 12.2 Å². The van der Waals surface area contributed by atoms with E-state index >= 15 is 0 Å². The number of amides is 1. The zero-order chi connectivity index (χ0) is 19.8. The van der Waals surface area contributed by atoms with Crippen LogP contribution < -0.4 is 19.7 Å². The first-order valence-corrected chi connectivity index (χ1v) is 8.93. The third kappa shape index (κ3) is 2.95. The lowest BCUT2D eigenvalue weighted by Crippen LogP contribution is -2.31. The largest absolute Gasteiger partial charge is 0.454 e. The zero-order valence-electron chi connectivity index (χ0n) is 14.8. The highest BCUT2D eigenvalue weighted by Gasteiger charge is 2.34. The second-order valence-electron chi connectivity index (χ2n) is 6.13. The SMILES string of the molecule is CCc1ccccc1N1C(=O)/C(=C\c2cc3c(cc2[N+](=O)[O-])OCO3)NC1=S. The van der Waals surface area contributed by atoms with E-state index in [2.05, 4.69) is 5.32 Å². The summed E-state index contributed by atoms with van der Waals surface area (Å²) in [7, 11) is 0. The first kappa shape index (κ1) is 17.9. The predicted molar refractivity (Wildman–Crippen MR) is 106 cm³/mol. The smallest absolute Gasteiger partial charge is 0.281 e. The van der Waals surface area contributed by atoms with Gasteiger partial charge in [-0.1, -0.05) is 25.1 Å². The maximum Gasteiger partial charge on any atom is 0.281 e. The number of hydrogen-bond donors (Lipinski definition) is 1. The molecule has 1 N–H and O–H groups in total. The quantitative estimate of drug-likeness (QED) is 0.367. The molecule has 0 atom stereocenters. The first-order valence-electron chi connectivity index (χ1n) is 8.52. The fourth-order valence-electron chi connectivity index (χ4n) is 3.16. The normalized spacial score (nSPS) is 16.6. The molecule has 2 heterocycles. The first-order chi connectivity index (χ1) is 13.5. The van der Waals surface area contributed by atoms with E-state index < -0.39 is 4.92 Å². The minimum Gasteiger partial charge on any atom is -0.454 e. The molecule has 0 spiro atoms. The molecule has 8 nitrogen and oxygen atoms in total. The molecule has 4 rings (SSSR count). The van der Waals surface area contributed by atoms with E-state index in [1.807, 2.05) is 31.2 Å². The molecule has 0 bridgehead atoms. The van der Waals surface area contributed by atoms with Crippen molar-refractivity contribution in [3.63, 3.8) is 0 Å². The Bertz CT molecular complexity index is 1050. The molecule has 2 aliphatic rings. The van der Waals surface area contributed by atoms with Gasteiger partial charge in [-0.3, -0.25) is 19.8 Å². The van der Waals surface area contributed by atoms with Crippen LogP contribution in [0.25, 0.3) is 6.08 Å². The number of para-hydroxylation sites is 1. The summed E-state index contributed by atoms with van der Waals surface area (Å²) >= 11 is 5.34. The summed E-state index contributed by atoms with van der Waals surface area (Å²) in [6, 6.07) is 10.2. The third-order valence-corrected chi connectivity index (χ3v) is 4.79. The van der Waals surface area contributed by atoms with Crippen LogP contribution in [0.15, 0.2) is 42.1 Å². The number of benzene rings is 2. The Morgan fingerprint density at radius 3 is 2.71 bits per heavy atom. The van der Waals surface area contributed by atoms with Crippen molar-refractivity contribution in [1.29, 1.82) is 0 Å². The maximum absolute atomic E-state index is 13.0. The summed E-state index contributed by atoms with van der Waals surface area (Å²) in [5, 5.41) is 14.5. The number of thiocarbonyl (C=S) groups is 1. The van der Waals surface area contributed by atoms with E-state index in [1.54, 1.807) is 0 Å². The average Bonchev–Trinajstić information content (AvgIpc) is 3.24. The molecule has 1 amide bonds. The third-order valence-electron chi connectivity index (χ3n) is 4.51. The molecule has 0 saturated carbocycles. The van der Waals surface area contributed by atoms with Crippen LogP contribution in [0, 0.1) is 10.1 Å². The Labute approximate surface area is 165 Å². The number of nitrogens with one attached hydrogen (secondary N) is 1. The molecule has 0 aromatic heterocycles. The van der Waals surface area contributed by atoms with Gasteiger partial charge in [0.2, 0.25) is 6.79 Å². The molecule has 1 fully saturated rings. The number of nitro groups is 1. The van der Waals surface area contributed by atoms with Crippen molar-refractivity contribution in [3.05, 3.63) is 63.3 Å². The van der Waals surface area contributed by atoms with Crippen molar-refractivity contribution in [1.82, 2.24) is 5.32 Å². The number of carbonyl (C=O) groups is 1. The predicted octanol–water partition coefficient (Wildman–Crippen LogP) is 3.15. The van der Waals surface area contributed by atoms with Gasteiger partial charge in [-0.05, 0) is 42.4 Å². The fourth-order valence-corrected chi connectivity index (χ4v) is 3.45. The van der Waals surface area contributed by atoms with Crippen LogP contribution in [0.1, 0.15) is 18.1 Å². The number of nitro benzene ring substituents is 1. The lowest BCUT2D eigenvalue weighted by molar-refractivity contribution is -0.385. The van der Waals surface area contributed by atoms with Crippen LogP contribution in [0.3, 0.4) is 0 Å². The molecule has 9 heteroatoms. The van der Waals surface area contributed by atoms with Gasteiger partial charge in [0.15, 0.2) is 16.6 Å². The number of fused-ring (bicyclic) bond motifs is 1. The summed E-state index contributed by atoms with van der Waals surface area (Å²) in [5.74, 6) is 0.310. The Hall–Kier alpha value is -3.46. The van der Waals surface area contributed by atoms with E-state index in [1.165, 1.54) is 23.1 Å². The van der Waals surface area contributed by atoms with Gasteiger partial charge in [0.05, 0.1) is 22.2 Å². The monoisotopic (exact) mass is 397 g/mol. The Kier molecular flexibility index (Phi) is 4.44. The van der Waals surface area contributed by atoms with E-state index in [0.29, 0.717) is 17.2 Å². The lowest BCUT2D eigenvalue weighted by Gasteiger charge is -2.17. The summed E-state index contributed by atoms with van der Waals surface area (Å²) in [5.41, 5.74) is 1.84. The molecule has 0 aliphatic carbocycles. The van der Waals surface area contributed by atoms with Crippen molar-refractivity contribution >= 4 is 40.7 Å². The molecular formula is C19H15N3O5S. The van der Waals surface area contributed by atoms with Crippen LogP contribution in [-0.4, -0.2) is 22.7 Å². The molecule has 0 radical (unpaired) electrons. The highest BCUT2D eigenvalue weighted by Crippen LogP contribution is 2.39. The van der Waals surface area contributed by atoms with Crippen LogP contribution in [-0.2, 0) is 11.2 Å². The molecule has 0 unspecified atom stereocenters. The molecular weight excluding hydrogens is 382 g/mol. The van der Waals surface area contributed by atoms with Crippen LogP contribution in [0.4, 0.5) is 11.4 Å². The van der Waals surface area contributed by atoms with E-state index in [-0.39, 0.29) is 34.8 Å². The van der Waals surface area contributed by atoms with Gasteiger partial charge < -0.3 is 14.8 Å². The Morgan fingerprint density at radius 2 is 2.00 bits per heavy atom. The molecule has 1 saturated heterocycles. The van der Waals surface area contributed by atoms with E-state index in [9.17, 15) is 14.9 Å². The number of rotatable bonds is 4. The maximum atomic E-state index is 13.0. The minimum atomic E-state index is -0.531. The topological polar surface area (TPSA) is 93.9 Å². The van der Waals surface area contributed by atoms with Crippen molar-refractivity contribution < 1.29 is 19.2 Å². The highest BCUT2D eigenvalue weighted by atomic mass is 32.1. The van der Waals surface area contributed by atoms with Crippen molar-refractivity contribution in [2.45, 2.75) is 13.3 Å². The Balaban J connectivity index is 1.75. The molecule has 2 aromatic rings. The Morgan fingerprint density at radius 1 is 1.29 bits per heavy atom. The molecule has 142 valence electrons. The number of ether oxygens (including phenoxy) is 2. The standard InChI is InChI=1S/C19H15N3O5S/c1-2-11-5-3-4-6-14(11)21-18(23)13(20-19(21)28)7-12-8-16-17(27-10-26-16)9-15(12)22(24)25/h3-9H,2,10H2,1H3,(H,20,28)/b13-7+. The summed E-state index contributed by atoms with van der Waals surface area (Å²) in [4.78, 5) is 25.3. The second kappa shape index (κ2) is 6.93. The van der Waals surface area contributed by atoms with Crippen molar-refractivity contribution in [3.8, 4) is 11.5 Å². The minimum absolute atomic E-state index is 0.00460. The van der Waals surface area contributed by atoms with Gasteiger partial charge in [0.25, 0.3) is 11.6 Å². The summed E-state index contributed by atoms with van der Waals surface area (Å²) in [6.45, 7) is 1.98. The molecule has 28 heavy (non-hydrogen) atoms. The van der Waals surface area contributed by atoms with Gasteiger partial charge in [-0.25, -0.2) is 0 Å². The van der Waals surface area contributed by atoms with Crippen molar-refractivity contribution in [2.75, 3.05) is 11.7 Å². The zero-order valence-corrected chi connectivity index (χ0v) is 15.6. The lowest BCUT2D eigenvalue weighted by atomic mass is 10.1. The van der Waals surface area contributed by atoms with Crippen LogP contribution in [0.2, 0.25) is 0 Å². The van der Waals surface area contributed by atoms with Gasteiger partial charge in [0, 0.05) is 0 Å². The highest BCUT2D eigenvalue weighted by molar-refractivity contribution is 7.80. The van der Waals surface area contributed by atoms with Gasteiger partial charge in [-0.15, -0.1) is 0 Å². The van der Waals surface area contributed by atoms with Gasteiger partial charge in [0.1, 0.15) is 5.70 Å². The number of aryl methyl sites for hydroxylation is 1. The number of anilines is 1. The molecule has 2 aromatic carbocycles.